The van der Waals surface area contributed by atoms with Gasteiger partial charge in [0.25, 0.3) is 0 Å². The van der Waals surface area contributed by atoms with Crippen molar-refractivity contribution in [2.45, 2.75) is 57.0 Å². The normalized spacial score (nSPS) is 14.8. The number of hydrogen-bond acceptors (Lipinski definition) is 4. The molecular weight excluding hydrogens is 403 g/mol. The van der Waals surface area contributed by atoms with Crippen LogP contribution in [0.15, 0.2) is 35.4 Å². The van der Waals surface area contributed by atoms with Crippen LogP contribution in [0.3, 0.4) is 0 Å². The van der Waals surface area contributed by atoms with Crippen molar-refractivity contribution >= 4 is 20.9 Å². The van der Waals surface area contributed by atoms with E-state index in [1.165, 1.54) is 18.3 Å². The van der Waals surface area contributed by atoms with Crippen LogP contribution in [0.25, 0.3) is 22.3 Å². The van der Waals surface area contributed by atoms with Crippen molar-refractivity contribution in [2.75, 3.05) is 0 Å². The van der Waals surface area contributed by atoms with Crippen LogP contribution in [0.5, 0.6) is 0 Å². The Bertz CT molecular complexity index is 1270. The van der Waals surface area contributed by atoms with Crippen LogP contribution in [0, 0.1) is 24.1 Å². The molecule has 0 atom stereocenters. The maximum absolute atomic E-state index is 14.3. The number of rotatable bonds is 5. The fraction of sp³-hybridized carbons (Fsp3) is 0.364. The van der Waals surface area contributed by atoms with Gasteiger partial charge < -0.3 is 4.57 Å². The molecule has 6 nitrogen and oxygen atoms in total. The minimum absolute atomic E-state index is 0.0617. The molecule has 2 heterocycles. The molecule has 3 aromatic rings. The molecule has 1 aliphatic rings. The molecule has 30 heavy (non-hydrogen) atoms. The summed E-state index contributed by atoms with van der Waals surface area (Å²) < 4.78 is 43.7. The van der Waals surface area contributed by atoms with E-state index in [-0.39, 0.29) is 22.8 Å². The Morgan fingerprint density at radius 1 is 1.30 bits per heavy atom. The Balaban J connectivity index is 1.91. The fourth-order valence-electron chi connectivity index (χ4n) is 3.88. The number of sulfonamides is 1. The van der Waals surface area contributed by atoms with Crippen LogP contribution in [-0.4, -0.2) is 24.0 Å². The second-order valence-corrected chi connectivity index (χ2v) is 9.78. The zero-order chi connectivity index (χ0) is 21.6. The van der Waals surface area contributed by atoms with E-state index in [9.17, 15) is 18.1 Å². The summed E-state index contributed by atoms with van der Waals surface area (Å²) in [6.45, 7) is 5.20. The first-order valence-electron chi connectivity index (χ1n) is 9.96. The van der Waals surface area contributed by atoms with Gasteiger partial charge in [0, 0.05) is 23.7 Å². The topological polar surface area (TPSA) is 87.8 Å². The summed E-state index contributed by atoms with van der Waals surface area (Å²) >= 11 is 0. The van der Waals surface area contributed by atoms with Crippen molar-refractivity contribution in [3.8, 4) is 17.5 Å². The molecule has 4 rings (SSSR count). The molecule has 2 aromatic heterocycles. The molecule has 0 radical (unpaired) electrons. The number of pyridine rings is 1. The predicted molar refractivity (Wildman–Crippen MR) is 113 cm³/mol. The summed E-state index contributed by atoms with van der Waals surface area (Å²) in [5, 5.41) is 10.4. The Morgan fingerprint density at radius 3 is 2.57 bits per heavy atom. The standard InChI is InChI=1S/C22H23FN4O2S/c1-13(2)26-30(28,29)16-7-8-20(25-12-16)22-18(11-24)17-10-19(23)14(3)9-21(17)27(22)15-5-4-6-15/h7-10,12-13,15,26H,4-6H2,1-3H3. The fourth-order valence-corrected chi connectivity index (χ4v) is 5.08. The van der Waals surface area contributed by atoms with Crippen molar-refractivity contribution in [1.82, 2.24) is 14.3 Å². The van der Waals surface area contributed by atoms with Crippen molar-refractivity contribution in [1.29, 1.82) is 5.26 Å². The smallest absolute Gasteiger partial charge is 0.242 e. The van der Waals surface area contributed by atoms with Crippen LogP contribution < -0.4 is 4.72 Å². The number of nitriles is 1. The third-order valence-electron chi connectivity index (χ3n) is 5.52. The second kappa shape index (κ2) is 7.49. The highest BCUT2D eigenvalue weighted by molar-refractivity contribution is 7.89. The second-order valence-electron chi connectivity index (χ2n) is 8.06. The lowest BCUT2D eigenvalue weighted by atomic mass is 9.92. The number of fused-ring (bicyclic) bond motifs is 1. The summed E-state index contributed by atoms with van der Waals surface area (Å²) in [4.78, 5) is 4.45. The third kappa shape index (κ3) is 3.38. The van der Waals surface area contributed by atoms with E-state index in [0.717, 1.165) is 24.8 Å². The van der Waals surface area contributed by atoms with Crippen LogP contribution >= 0.6 is 0 Å². The highest BCUT2D eigenvalue weighted by Crippen LogP contribution is 2.42. The van der Waals surface area contributed by atoms with Gasteiger partial charge >= 0.3 is 0 Å². The molecule has 0 spiro atoms. The van der Waals surface area contributed by atoms with E-state index in [1.807, 2.05) is 0 Å². The molecule has 0 saturated heterocycles. The highest BCUT2D eigenvalue weighted by atomic mass is 32.2. The molecule has 0 amide bonds. The van der Waals surface area contributed by atoms with Gasteiger partial charge in [-0.3, -0.25) is 4.98 Å². The first kappa shape index (κ1) is 20.5. The van der Waals surface area contributed by atoms with E-state index in [4.69, 9.17) is 0 Å². The molecule has 0 bridgehead atoms. The van der Waals surface area contributed by atoms with Gasteiger partial charge in [-0.15, -0.1) is 0 Å². The van der Waals surface area contributed by atoms with Gasteiger partial charge in [0.05, 0.1) is 22.5 Å². The Kier molecular flexibility index (Phi) is 5.12. The minimum Gasteiger partial charge on any atom is -0.335 e. The van der Waals surface area contributed by atoms with E-state index >= 15 is 0 Å². The first-order valence-corrected chi connectivity index (χ1v) is 11.4. The van der Waals surface area contributed by atoms with Gasteiger partial charge in [-0.1, -0.05) is 0 Å². The van der Waals surface area contributed by atoms with Crippen LogP contribution in [0.1, 0.15) is 50.3 Å². The molecule has 1 N–H and O–H groups in total. The number of hydrogen-bond donors (Lipinski definition) is 1. The van der Waals surface area contributed by atoms with Crippen molar-refractivity contribution < 1.29 is 12.8 Å². The molecule has 1 saturated carbocycles. The molecule has 1 aromatic carbocycles. The number of benzene rings is 1. The summed E-state index contributed by atoms with van der Waals surface area (Å²) in [5.41, 5.74) is 2.80. The molecule has 8 heteroatoms. The average Bonchev–Trinajstić information content (AvgIpc) is 2.93. The van der Waals surface area contributed by atoms with Crippen LogP contribution in [0.4, 0.5) is 4.39 Å². The minimum atomic E-state index is -3.66. The number of aryl methyl sites for hydroxylation is 1. The van der Waals surface area contributed by atoms with Gasteiger partial charge in [0.1, 0.15) is 16.8 Å². The summed E-state index contributed by atoms with van der Waals surface area (Å²) in [6.07, 6.45) is 4.35. The number of aromatic nitrogens is 2. The maximum Gasteiger partial charge on any atom is 0.242 e. The molecule has 1 fully saturated rings. The lowest BCUT2D eigenvalue weighted by Gasteiger charge is -2.30. The van der Waals surface area contributed by atoms with E-state index < -0.39 is 10.0 Å². The summed E-state index contributed by atoms with van der Waals surface area (Å²) in [6, 6.07) is 8.48. The van der Waals surface area contributed by atoms with Gasteiger partial charge in [0.15, 0.2) is 0 Å². The largest absolute Gasteiger partial charge is 0.335 e. The third-order valence-corrected chi connectivity index (χ3v) is 7.16. The summed E-state index contributed by atoms with van der Waals surface area (Å²) in [7, 11) is -3.66. The Morgan fingerprint density at radius 2 is 2.03 bits per heavy atom. The van der Waals surface area contributed by atoms with Crippen LogP contribution in [-0.2, 0) is 10.0 Å². The van der Waals surface area contributed by atoms with Gasteiger partial charge in [0.2, 0.25) is 10.0 Å². The highest BCUT2D eigenvalue weighted by Gasteiger charge is 2.29. The monoisotopic (exact) mass is 426 g/mol. The Labute approximate surface area is 175 Å². The lowest BCUT2D eigenvalue weighted by molar-refractivity contribution is 0.324. The van der Waals surface area contributed by atoms with Gasteiger partial charge in [-0.25, -0.2) is 17.5 Å². The average molecular weight is 427 g/mol. The molecule has 0 aliphatic heterocycles. The zero-order valence-electron chi connectivity index (χ0n) is 17.1. The van der Waals surface area contributed by atoms with E-state index in [2.05, 4.69) is 20.3 Å². The zero-order valence-corrected chi connectivity index (χ0v) is 17.9. The molecule has 1 aliphatic carbocycles. The first-order chi connectivity index (χ1) is 14.2. The van der Waals surface area contributed by atoms with E-state index in [1.54, 1.807) is 32.9 Å². The van der Waals surface area contributed by atoms with Crippen molar-refractivity contribution in [2.24, 2.45) is 0 Å². The number of nitrogens with one attached hydrogen (secondary N) is 1. The Hall–Kier alpha value is -2.76. The van der Waals surface area contributed by atoms with Crippen molar-refractivity contribution in [3.05, 3.63) is 47.4 Å². The van der Waals surface area contributed by atoms with Gasteiger partial charge in [-0.05, 0) is 69.9 Å². The van der Waals surface area contributed by atoms with E-state index in [0.29, 0.717) is 27.9 Å². The maximum atomic E-state index is 14.3. The predicted octanol–water partition coefficient (Wildman–Crippen LogP) is 4.43. The SMILES string of the molecule is Cc1cc2c(cc1F)c(C#N)c(-c1ccc(S(=O)(=O)NC(C)C)cn1)n2C1CCC1. The number of nitrogens with zero attached hydrogens (tertiary/aromatic N) is 3. The summed E-state index contributed by atoms with van der Waals surface area (Å²) in [5.74, 6) is -0.356. The molecular formula is C22H23FN4O2S. The number of halogens is 1. The lowest BCUT2D eigenvalue weighted by Crippen LogP contribution is -2.30. The van der Waals surface area contributed by atoms with Crippen LogP contribution in [0.2, 0.25) is 0 Å². The van der Waals surface area contributed by atoms with Gasteiger partial charge in [-0.2, -0.15) is 5.26 Å². The quantitative estimate of drug-likeness (QED) is 0.654. The van der Waals surface area contributed by atoms with Crippen molar-refractivity contribution in [3.63, 3.8) is 0 Å². The molecule has 0 unspecified atom stereocenters. The molecule has 156 valence electrons.